The summed E-state index contributed by atoms with van der Waals surface area (Å²) in [5, 5.41) is 16.6. The molecule has 0 aliphatic carbocycles. The minimum Gasteiger partial charge on any atom is -0.308 e. The predicted octanol–water partition coefficient (Wildman–Crippen LogP) is 4.85. The normalized spacial score (nSPS) is 10.1. The lowest BCUT2D eigenvalue weighted by Crippen LogP contribution is -2.20. The molecule has 2 amide bonds. The van der Waals surface area contributed by atoms with Crippen LogP contribution in [0.1, 0.15) is 5.56 Å². The summed E-state index contributed by atoms with van der Waals surface area (Å²) in [6.45, 7) is 1.67. The Morgan fingerprint density at radius 1 is 1.09 bits per heavy atom. The Hall–Kier alpha value is -2.31. The maximum atomic E-state index is 11.9. The van der Waals surface area contributed by atoms with Crippen molar-refractivity contribution >= 4 is 46.3 Å². The summed E-state index contributed by atoms with van der Waals surface area (Å²) < 4.78 is 0. The van der Waals surface area contributed by atoms with E-state index in [1.165, 1.54) is 24.3 Å². The Labute approximate surface area is 136 Å². The number of nitro benzene ring substituents is 1. The highest BCUT2D eigenvalue weighted by molar-refractivity contribution is 6.42. The Morgan fingerprint density at radius 3 is 2.41 bits per heavy atom. The second-order valence-corrected chi connectivity index (χ2v) is 5.28. The van der Waals surface area contributed by atoms with Crippen LogP contribution in [0.5, 0.6) is 0 Å². The van der Waals surface area contributed by atoms with Crippen molar-refractivity contribution in [3.05, 3.63) is 62.1 Å². The van der Waals surface area contributed by atoms with E-state index in [2.05, 4.69) is 10.6 Å². The Bertz CT molecular complexity index is 750. The molecule has 0 aromatic heterocycles. The van der Waals surface area contributed by atoms with Crippen molar-refractivity contribution in [3.63, 3.8) is 0 Å². The summed E-state index contributed by atoms with van der Waals surface area (Å²) in [6.07, 6.45) is 0. The summed E-state index contributed by atoms with van der Waals surface area (Å²) in [7, 11) is 0. The predicted molar refractivity (Wildman–Crippen MR) is 86.9 cm³/mol. The van der Waals surface area contributed by atoms with E-state index in [-0.39, 0.29) is 5.69 Å². The third-order valence-corrected chi connectivity index (χ3v) is 3.59. The molecule has 0 radical (unpaired) electrons. The first-order chi connectivity index (χ1) is 10.4. The summed E-state index contributed by atoms with van der Waals surface area (Å²) >= 11 is 11.7. The van der Waals surface area contributed by atoms with Crippen LogP contribution in [0.2, 0.25) is 10.0 Å². The van der Waals surface area contributed by atoms with Crippen molar-refractivity contribution in [2.45, 2.75) is 6.92 Å². The number of rotatable bonds is 3. The van der Waals surface area contributed by atoms with Crippen LogP contribution in [-0.4, -0.2) is 11.0 Å². The van der Waals surface area contributed by atoms with E-state index in [1.54, 1.807) is 19.1 Å². The van der Waals surface area contributed by atoms with Crippen molar-refractivity contribution in [1.82, 2.24) is 0 Å². The van der Waals surface area contributed by atoms with Gasteiger partial charge in [0.05, 0.1) is 15.0 Å². The van der Waals surface area contributed by atoms with Gasteiger partial charge in [-0.05, 0) is 36.8 Å². The number of nitrogens with one attached hydrogen (secondary N) is 2. The van der Waals surface area contributed by atoms with Crippen molar-refractivity contribution in [1.29, 1.82) is 0 Å². The van der Waals surface area contributed by atoms with Gasteiger partial charge in [0.25, 0.3) is 5.69 Å². The average molecular weight is 340 g/mol. The number of hydrogen-bond donors (Lipinski definition) is 2. The minimum absolute atomic E-state index is 0.0343. The van der Waals surface area contributed by atoms with Gasteiger partial charge in [-0.15, -0.1) is 0 Å². The van der Waals surface area contributed by atoms with Crippen LogP contribution in [0.25, 0.3) is 0 Å². The number of urea groups is 1. The SMILES string of the molecule is Cc1cc([N+](=O)[O-])ccc1NC(=O)Nc1ccc(Cl)c(Cl)c1. The van der Waals surface area contributed by atoms with Gasteiger partial charge in [-0.25, -0.2) is 4.79 Å². The molecule has 2 rings (SSSR count). The first-order valence-corrected chi connectivity index (χ1v) is 6.90. The zero-order chi connectivity index (χ0) is 16.3. The van der Waals surface area contributed by atoms with Gasteiger partial charge in [0.15, 0.2) is 0 Å². The largest absolute Gasteiger partial charge is 0.323 e. The number of anilines is 2. The van der Waals surface area contributed by atoms with Gasteiger partial charge in [-0.2, -0.15) is 0 Å². The smallest absolute Gasteiger partial charge is 0.308 e. The third kappa shape index (κ3) is 3.87. The molecule has 2 N–H and O–H groups in total. The Morgan fingerprint density at radius 2 is 1.82 bits per heavy atom. The fourth-order valence-corrected chi connectivity index (χ4v) is 2.06. The fraction of sp³-hybridized carbons (Fsp3) is 0.0714. The van der Waals surface area contributed by atoms with E-state index >= 15 is 0 Å². The molecule has 0 spiro atoms. The van der Waals surface area contributed by atoms with Crippen molar-refractivity contribution in [3.8, 4) is 0 Å². The van der Waals surface area contributed by atoms with Gasteiger partial charge < -0.3 is 10.6 Å². The van der Waals surface area contributed by atoms with Crippen LogP contribution in [0.4, 0.5) is 21.9 Å². The van der Waals surface area contributed by atoms with Crippen LogP contribution >= 0.6 is 23.2 Å². The number of nitrogens with zero attached hydrogens (tertiary/aromatic N) is 1. The van der Waals surface area contributed by atoms with Crippen LogP contribution in [-0.2, 0) is 0 Å². The van der Waals surface area contributed by atoms with Gasteiger partial charge in [0.1, 0.15) is 0 Å². The molecule has 0 heterocycles. The van der Waals surface area contributed by atoms with Crippen molar-refractivity contribution < 1.29 is 9.72 Å². The van der Waals surface area contributed by atoms with Crippen LogP contribution in [0.3, 0.4) is 0 Å². The number of non-ortho nitro benzene ring substituents is 1. The van der Waals surface area contributed by atoms with Crippen molar-refractivity contribution in [2.24, 2.45) is 0 Å². The van der Waals surface area contributed by atoms with Crippen LogP contribution < -0.4 is 10.6 Å². The first kappa shape index (κ1) is 16.1. The lowest BCUT2D eigenvalue weighted by Gasteiger charge is -2.10. The van der Waals surface area contributed by atoms with E-state index in [0.29, 0.717) is 27.0 Å². The maximum Gasteiger partial charge on any atom is 0.323 e. The maximum absolute atomic E-state index is 11.9. The molecule has 22 heavy (non-hydrogen) atoms. The number of hydrogen-bond acceptors (Lipinski definition) is 3. The molecule has 0 unspecified atom stereocenters. The molecule has 114 valence electrons. The van der Waals surface area contributed by atoms with Crippen molar-refractivity contribution in [2.75, 3.05) is 10.6 Å². The lowest BCUT2D eigenvalue weighted by atomic mass is 10.2. The number of carbonyl (C=O) groups excluding carboxylic acids is 1. The Balaban J connectivity index is 2.08. The lowest BCUT2D eigenvalue weighted by molar-refractivity contribution is -0.384. The highest BCUT2D eigenvalue weighted by atomic mass is 35.5. The van der Waals surface area contributed by atoms with E-state index in [0.717, 1.165) is 0 Å². The standard InChI is InChI=1S/C14H11Cl2N3O3/c1-8-6-10(19(21)22)3-5-13(8)18-14(20)17-9-2-4-11(15)12(16)7-9/h2-7H,1H3,(H2,17,18,20). The highest BCUT2D eigenvalue weighted by Crippen LogP contribution is 2.25. The van der Waals surface area contributed by atoms with Gasteiger partial charge >= 0.3 is 6.03 Å². The molecule has 8 heteroatoms. The summed E-state index contributed by atoms with van der Waals surface area (Å²) in [5.74, 6) is 0. The third-order valence-electron chi connectivity index (χ3n) is 2.85. The van der Waals surface area contributed by atoms with Gasteiger partial charge in [-0.1, -0.05) is 23.2 Å². The molecule has 6 nitrogen and oxygen atoms in total. The summed E-state index contributed by atoms with van der Waals surface area (Å²) in [4.78, 5) is 22.1. The van der Waals surface area contributed by atoms with Gasteiger partial charge in [0.2, 0.25) is 0 Å². The number of nitro groups is 1. The zero-order valence-corrected chi connectivity index (χ0v) is 12.9. The number of carbonyl (C=O) groups is 1. The molecule has 0 saturated carbocycles. The second kappa shape index (κ2) is 6.64. The number of benzene rings is 2. The van der Waals surface area contributed by atoms with Gasteiger partial charge in [-0.3, -0.25) is 10.1 Å². The fourth-order valence-electron chi connectivity index (χ4n) is 1.76. The number of halogens is 2. The average Bonchev–Trinajstić information content (AvgIpc) is 2.45. The molecule has 0 bridgehead atoms. The quantitative estimate of drug-likeness (QED) is 0.618. The number of aryl methyl sites for hydroxylation is 1. The first-order valence-electron chi connectivity index (χ1n) is 6.15. The highest BCUT2D eigenvalue weighted by Gasteiger charge is 2.10. The van der Waals surface area contributed by atoms with Crippen LogP contribution in [0, 0.1) is 17.0 Å². The molecule has 0 aliphatic rings. The van der Waals surface area contributed by atoms with E-state index in [9.17, 15) is 14.9 Å². The number of amides is 2. The minimum atomic E-state index is -0.493. The molecular weight excluding hydrogens is 329 g/mol. The molecule has 2 aromatic rings. The molecule has 2 aromatic carbocycles. The van der Waals surface area contributed by atoms with E-state index in [1.807, 2.05) is 0 Å². The summed E-state index contributed by atoms with van der Waals surface area (Å²) in [6, 6.07) is 8.38. The van der Waals surface area contributed by atoms with E-state index in [4.69, 9.17) is 23.2 Å². The van der Waals surface area contributed by atoms with Crippen LogP contribution in [0.15, 0.2) is 36.4 Å². The molecule has 0 aliphatic heterocycles. The topological polar surface area (TPSA) is 84.3 Å². The molecular formula is C14H11Cl2N3O3. The van der Waals surface area contributed by atoms with E-state index < -0.39 is 11.0 Å². The van der Waals surface area contributed by atoms with Gasteiger partial charge in [0, 0.05) is 23.5 Å². The Kier molecular flexibility index (Phi) is 4.85. The molecule has 0 fully saturated rings. The second-order valence-electron chi connectivity index (χ2n) is 4.46. The molecule has 0 atom stereocenters. The zero-order valence-electron chi connectivity index (χ0n) is 11.4. The summed E-state index contributed by atoms with van der Waals surface area (Å²) in [5.41, 5.74) is 1.50. The monoisotopic (exact) mass is 339 g/mol. The molecule has 0 saturated heterocycles.